The predicted molar refractivity (Wildman–Crippen MR) is 81.2 cm³/mol. The van der Waals surface area contributed by atoms with Crippen LogP contribution in [0, 0.1) is 11.8 Å². The van der Waals surface area contributed by atoms with Gasteiger partial charge in [0.15, 0.2) is 0 Å². The van der Waals surface area contributed by atoms with Gasteiger partial charge in [-0.25, -0.2) is 0 Å². The zero-order valence-corrected chi connectivity index (χ0v) is 12.6. The van der Waals surface area contributed by atoms with E-state index in [1.165, 1.54) is 0 Å². The number of carbonyl (C=O) groups is 1. The van der Waals surface area contributed by atoms with Gasteiger partial charge in [0.2, 0.25) is 0 Å². The Labute approximate surface area is 124 Å². The van der Waals surface area contributed by atoms with E-state index in [0.29, 0.717) is 22.4 Å². The highest BCUT2D eigenvalue weighted by atomic mass is 35.5. The number of halogens is 1. The lowest BCUT2D eigenvalue weighted by Gasteiger charge is -2.38. The fourth-order valence-electron chi connectivity index (χ4n) is 3.77. The van der Waals surface area contributed by atoms with E-state index in [-0.39, 0.29) is 5.54 Å². The summed E-state index contributed by atoms with van der Waals surface area (Å²) < 4.78 is 0. The molecule has 108 valence electrons. The fraction of sp³-hybridized carbons (Fsp3) is 0.533. The molecule has 2 fully saturated rings. The van der Waals surface area contributed by atoms with Gasteiger partial charge >= 0.3 is 0 Å². The van der Waals surface area contributed by atoms with Crippen molar-refractivity contribution in [3.05, 3.63) is 28.8 Å². The van der Waals surface area contributed by atoms with Crippen molar-refractivity contribution in [3.8, 4) is 0 Å². The molecule has 3 rings (SSSR count). The first-order valence-electron chi connectivity index (χ1n) is 6.99. The minimum Gasteiger partial charge on any atom is -0.366 e. The average Bonchev–Trinajstić information content (AvgIpc) is 2.91. The van der Waals surface area contributed by atoms with Crippen LogP contribution in [0.4, 0.5) is 5.69 Å². The summed E-state index contributed by atoms with van der Waals surface area (Å²) in [6.07, 6.45) is 0. The number of hydrogen-bond donors (Lipinski definition) is 2. The Morgan fingerprint density at radius 3 is 2.85 bits per heavy atom. The highest BCUT2D eigenvalue weighted by Crippen LogP contribution is 2.44. The van der Waals surface area contributed by atoms with Crippen LogP contribution in [0.25, 0.3) is 0 Å². The van der Waals surface area contributed by atoms with E-state index < -0.39 is 5.91 Å². The maximum atomic E-state index is 11.7. The normalized spacial score (nSPS) is 27.6. The summed E-state index contributed by atoms with van der Waals surface area (Å²) >= 11 is 6.12. The van der Waals surface area contributed by atoms with E-state index >= 15 is 0 Å². The first-order valence-corrected chi connectivity index (χ1v) is 7.37. The van der Waals surface area contributed by atoms with Crippen LogP contribution >= 0.6 is 11.6 Å². The Balaban J connectivity index is 2.05. The summed E-state index contributed by atoms with van der Waals surface area (Å²) in [6.45, 7) is 7.47. The molecule has 4 nitrogen and oxygen atoms in total. The summed E-state index contributed by atoms with van der Waals surface area (Å²) in [7, 11) is 0. The molecule has 0 aliphatic carbocycles. The van der Waals surface area contributed by atoms with Crippen LogP contribution in [0.5, 0.6) is 0 Å². The number of anilines is 1. The number of benzene rings is 1. The Morgan fingerprint density at radius 2 is 2.20 bits per heavy atom. The third kappa shape index (κ3) is 1.98. The number of nitrogens with one attached hydrogen (secondary N) is 1. The zero-order valence-electron chi connectivity index (χ0n) is 11.8. The Hall–Kier alpha value is -1.26. The maximum absolute atomic E-state index is 11.7. The fourth-order valence-corrected chi connectivity index (χ4v) is 3.93. The summed E-state index contributed by atoms with van der Waals surface area (Å²) in [5.41, 5.74) is 6.92. The number of rotatable bonds is 2. The Bertz CT molecular complexity index is 558. The van der Waals surface area contributed by atoms with Gasteiger partial charge in [0.25, 0.3) is 5.91 Å². The number of fused-ring (bicyclic) bond motifs is 1. The van der Waals surface area contributed by atoms with Crippen molar-refractivity contribution in [2.75, 3.05) is 24.5 Å². The molecule has 0 aromatic heterocycles. The lowest BCUT2D eigenvalue weighted by atomic mass is 9.84. The Morgan fingerprint density at radius 1 is 1.45 bits per heavy atom. The van der Waals surface area contributed by atoms with Crippen LogP contribution in [-0.4, -0.2) is 31.1 Å². The van der Waals surface area contributed by atoms with Crippen LogP contribution in [-0.2, 0) is 0 Å². The van der Waals surface area contributed by atoms with Gasteiger partial charge in [-0.1, -0.05) is 11.6 Å². The standard InChI is InChI=1S/C15H20ClN3O/c1-15(2)12-7-18-6-9(12)8-19(15)13-5-10(16)3-4-11(13)14(17)20/h3-5,9,12,18H,6-8H2,1-2H3,(H2,17,20). The molecular formula is C15H20ClN3O. The van der Waals surface area contributed by atoms with Crippen molar-refractivity contribution >= 4 is 23.2 Å². The second-order valence-electron chi connectivity index (χ2n) is 6.31. The van der Waals surface area contributed by atoms with Gasteiger partial charge in [0.1, 0.15) is 0 Å². The summed E-state index contributed by atoms with van der Waals surface area (Å²) in [5.74, 6) is 0.801. The van der Waals surface area contributed by atoms with Crippen LogP contribution in [0.15, 0.2) is 18.2 Å². The molecule has 2 aliphatic rings. The molecule has 1 amide bonds. The van der Waals surface area contributed by atoms with Crippen LogP contribution < -0.4 is 16.0 Å². The number of amides is 1. The number of carbonyl (C=O) groups excluding carboxylic acids is 1. The van der Waals surface area contributed by atoms with Crippen molar-refractivity contribution < 1.29 is 4.79 Å². The van der Waals surface area contributed by atoms with Crippen molar-refractivity contribution in [1.29, 1.82) is 0 Å². The second kappa shape index (κ2) is 4.64. The molecule has 2 aliphatic heterocycles. The minimum atomic E-state index is -0.400. The second-order valence-corrected chi connectivity index (χ2v) is 6.75. The molecule has 5 heteroatoms. The monoisotopic (exact) mass is 293 g/mol. The van der Waals surface area contributed by atoms with Crippen LogP contribution in [0.3, 0.4) is 0 Å². The molecule has 0 spiro atoms. The van der Waals surface area contributed by atoms with Gasteiger partial charge < -0.3 is 16.0 Å². The molecule has 20 heavy (non-hydrogen) atoms. The van der Waals surface area contributed by atoms with Gasteiger partial charge in [0, 0.05) is 30.2 Å². The summed E-state index contributed by atoms with van der Waals surface area (Å²) in [5, 5.41) is 4.09. The van der Waals surface area contributed by atoms with E-state index in [0.717, 1.165) is 25.3 Å². The van der Waals surface area contributed by atoms with Gasteiger partial charge in [-0.2, -0.15) is 0 Å². The topological polar surface area (TPSA) is 58.4 Å². The van der Waals surface area contributed by atoms with Crippen molar-refractivity contribution in [1.82, 2.24) is 5.32 Å². The molecule has 1 aromatic rings. The van der Waals surface area contributed by atoms with E-state index in [1.807, 2.05) is 6.07 Å². The van der Waals surface area contributed by atoms with Gasteiger partial charge in [-0.05, 0) is 43.9 Å². The summed E-state index contributed by atoms with van der Waals surface area (Å²) in [4.78, 5) is 14.0. The third-order valence-corrected chi connectivity index (χ3v) is 5.11. The largest absolute Gasteiger partial charge is 0.366 e. The van der Waals surface area contributed by atoms with Crippen molar-refractivity contribution in [2.24, 2.45) is 17.6 Å². The van der Waals surface area contributed by atoms with Gasteiger partial charge in [-0.15, -0.1) is 0 Å². The SMILES string of the molecule is CC1(C)C2CNCC2CN1c1cc(Cl)ccc1C(N)=O. The molecule has 2 saturated heterocycles. The maximum Gasteiger partial charge on any atom is 0.250 e. The zero-order chi connectivity index (χ0) is 14.5. The van der Waals surface area contributed by atoms with E-state index in [2.05, 4.69) is 24.1 Å². The molecule has 1 aromatic carbocycles. The molecule has 3 N–H and O–H groups in total. The molecule has 0 saturated carbocycles. The smallest absolute Gasteiger partial charge is 0.250 e. The minimum absolute atomic E-state index is 0.0109. The quantitative estimate of drug-likeness (QED) is 0.875. The van der Waals surface area contributed by atoms with Crippen LogP contribution in [0.1, 0.15) is 24.2 Å². The number of nitrogens with two attached hydrogens (primary N) is 1. The number of nitrogens with zero attached hydrogens (tertiary/aromatic N) is 1. The highest BCUT2D eigenvalue weighted by molar-refractivity contribution is 6.31. The molecular weight excluding hydrogens is 274 g/mol. The van der Waals surface area contributed by atoms with E-state index in [4.69, 9.17) is 17.3 Å². The number of primary amides is 1. The number of hydrogen-bond acceptors (Lipinski definition) is 3. The molecule has 0 radical (unpaired) electrons. The highest BCUT2D eigenvalue weighted by Gasteiger charge is 2.50. The lowest BCUT2D eigenvalue weighted by Crippen LogP contribution is -2.45. The molecule has 2 atom stereocenters. The lowest BCUT2D eigenvalue weighted by molar-refractivity contribution is 0.100. The summed E-state index contributed by atoms with van der Waals surface area (Å²) in [6, 6.07) is 5.30. The Kier molecular flexibility index (Phi) is 3.18. The van der Waals surface area contributed by atoms with Gasteiger partial charge in [-0.3, -0.25) is 4.79 Å². The first-order chi connectivity index (χ1) is 9.41. The average molecular weight is 294 g/mol. The predicted octanol–water partition coefficient (Wildman–Crippen LogP) is 1.87. The van der Waals surface area contributed by atoms with E-state index in [9.17, 15) is 4.79 Å². The molecule has 0 bridgehead atoms. The molecule has 2 unspecified atom stereocenters. The van der Waals surface area contributed by atoms with Gasteiger partial charge in [0.05, 0.1) is 11.3 Å². The van der Waals surface area contributed by atoms with Crippen LogP contribution in [0.2, 0.25) is 5.02 Å². The van der Waals surface area contributed by atoms with E-state index in [1.54, 1.807) is 12.1 Å². The first kappa shape index (κ1) is 13.7. The van der Waals surface area contributed by atoms with Crippen molar-refractivity contribution in [3.63, 3.8) is 0 Å². The third-order valence-electron chi connectivity index (χ3n) is 4.88. The van der Waals surface area contributed by atoms with Crippen molar-refractivity contribution in [2.45, 2.75) is 19.4 Å². The molecule has 2 heterocycles.